The molecule has 0 saturated heterocycles. The van der Waals surface area contributed by atoms with Crippen LogP contribution in [-0.4, -0.2) is 21.0 Å². The first-order valence-corrected chi connectivity index (χ1v) is 8.35. The number of rotatable bonds is 5. The molecule has 1 aromatic carbocycles. The number of benzene rings is 1. The van der Waals surface area contributed by atoms with Gasteiger partial charge in [0.25, 0.3) is 9.05 Å². The van der Waals surface area contributed by atoms with E-state index in [0.29, 0.717) is 12.3 Å². The van der Waals surface area contributed by atoms with E-state index < -0.39 is 25.7 Å². The molecule has 0 spiro atoms. The third-order valence-corrected chi connectivity index (χ3v) is 3.97. The minimum absolute atomic E-state index is 0.0162. The average Bonchev–Trinajstić information content (AvgIpc) is 2.30. The number of esters is 1. The minimum atomic E-state index is -4.26. The van der Waals surface area contributed by atoms with Gasteiger partial charge in [-0.3, -0.25) is 0 Å². The zero-order chi connectivity index (χ0) is 15.5. The van der Waals surface area contributed by atoms with Crippen LogP contribution < -0.4 is 0 Å². The van der Waals surface area contributed by atoms with Crippen LogP contribution in [0.2, 0.25) is 0 Å². The molecule has 0 heterocycles. The number of hydrogen-bond donors (Lipinski definition) is 0. The first kappa shape index (κ1) is 16.9. The van der Waals surface area contributed by atoms with Gasteiger partial charge in [0.15, 0.2) is 0 Å². The lowest BCUT2D eigenvalue weighted by molar-refractivity contribution is 0.0487. The van der Waals surface area contributed by atoms with Gasteiger partial charge in [0.05, 0.1) is 12.2 Å². The Kier molecular flexibility index (Phi) is 5.53. The van der Waals surface area contributed by atoms with E-state index in [1.807, 2.05) is 13.8 Å². The van der Waals surface area contributed by atoms with Crippen molar-refractivity contribution < 1.29 is 22.3 Å². The van der Waals surface area contributed by atoms with Crippen LogP contribution in [0.4, 0.5) is 4.39 Å². The first-order chi connectivity index (χ1) is 9.12. The monoisotopic (exact) mass is 322 g/mol. The van der Waals surface area contributed by atoms with Crippen molar-refractivity contribution in [1.29, 1.82) is 0 Å². The van der Waals surface area contributed by atoms with E-state index in [4.69, 9.17) is 15.4 Å². The highest BCUT2D eigenvalue weighted by molar-refractivity contribution is 8.13. The van der Waals surface area contributed by atoms with E-state index in [1.165, 1.54) is 13.0 Å². The quantitative estimate of drug-likeness (QED) is 0.616. The van der Waals surface area contributed by atoms with Gasteiger partial charge >= 0.3 is 5.97 Å². The van der Waals surface area contributed by atoms with Crippen LogP contribution in [0, 0.1) is 18.7 Å². The summed E-state index contributed by atoms with van der Waals surface area (Å²) in [6.07, 6.45) is 0.687. The molecule has 4 nitrogen and oxygen atoms in total. The highest BCUT2D eigenvalue weighted by atomic mass is 35.7. The summed E-state index contributed by atoms with van der Waals surface area (Å²) < 4.78 is 41.2. The molecule has 0 amide bonds. The standard InChI is InChI=1S/C13H16ClFO4S/c1-8(2)4-5-19-13(16)10-6-9(3)12(15)11(7-10)20(14,17)18/h6-8H,4-5H2,1-3H3. The Morgan fingerprint density at radius 2 is 2.00 bits per heavy atom. The van der Waals surface area contributed by atoms with Crippen molar-refractivity contribution >= 4 is 25.7 Å². The Bertz CT molecular complexity index is 611. The second-order valence-electron chi connectivity index (χ2n) is 4.86. The summed E-state index contributed by atoms with van der Waals surface area (Å²) in [5, 5.41) is 0. The van der Waals surface area contributed by atoms with Crippen molar-refractivity contribution in [3.8, 4) is 0 Å². The lowest BCUT2D eigenvalue weighted by Crippen LogP contribution is -2.10. The zero-order valence-electron chi connectivity index (χ0n) is 11.4. The van der Waals surface area contributed by atoms with Crippen molar-refractivity contribution in [2.75, 3.05) is 6.61 Å². The molecule has 0 aromatic heterocycles. The normalized spacial score (nSPS) is 11.7. The van der Waals surface area contributed by atoms with E-state index in [9.17, 15) is 17.6 Å². The predicted octanol–water partition coefficient (Wildman–Crippen LogP) is 3.26. The van der Waals surface area contributed by atoms with Crippen molar-refractivity contribution in [3.05, 3.63) is 29.1 Å². The second-order valence-corrected chi connectivity index (χ2v) is 7.40. The van der Waals surface area contributed by atoms with E-state index in [0.717, 1.165) is 6.07 Å². The third-order valence-electron chi connectivity index (χ3n) is 2.65. The number of aryl methyl sites for hydroxylation is 1. The van der Waals surface area contributed by atoms with Gasteiger partial charge in [0, 0.05) is 10.7 Å². The molecular weight excluding hydrogens is 307 g/mol. The summed E-state index contributed by atoms with van der Waals surface area (Å²) >= 11 is 0. The summed E-state index contributed by atoms with van der Waals surface area (Å²) in [7, 11) is 0.882. The third kappa shape index (κ3) is 4.45. The average molecular weight is 323 g/mol. The maximum Gasteiger partial charge on any atom is 0.338 e. The minimum Gasteiger partial charge on any atom is -0.462 e. The summed E-state index contributed by atoms with van der Waals surface area (Å²) in [5.41, 5.74) is -0.0191. The first-order valence-electron chi connectivity index (χ1n) is 6.05. The van der Waals surface area contributed by atoms with Gasteiger partial charge < -0.3 is 4.74 Å². The molecule has 0 saturated carbocycles. The lowest BCUT2D eigenvalue weighted by atomic mass is 10.1. The Morgan fingerprint density at radius 1 is 1.40 bits per heavy atom. The summed E-state index contributed by atoms with van der Waals surface area (Å²) in [5.74, 6) is -1.29. The van der Waals surface area contributed by atoms with E-state index in [1.54, 1.807) is 0 Å². The van der Waals surface area contributed by atoms with Gasteiger partial charge in [0.2, 0.25) is 0 Å². The molecule has 0 bridgehead atoms. The fraction of sp³-hybridized carbons (Fsp3) is 0.462. The maximum absolute atomic E-state index is 13.7. The van der Waals surface area contributed by atoms with Gasteiger partial charge in [-0.05, 0) is 37.0 Å². The summed E-state index contributed by atoms with van der Waals surface area (Å²) in [6, 6.07) is 2.13. The zero-order valence-corrected chi connectivity index (χ0v) is 13.0. The Morgan fingerprint density at radius 3 is 2.50 bits per heavy atom. The molecule has 0 aliphatic heterocycles. The van der Waals surface area contributed by atoms with E-state index in [2.05, 4.69) is 0 Å². The van der Waals surface area contributed by atoms with Gasteiger partial charge in [-0.2, -0.15) is 0 Å². The fourth-order valence-electron chi connectivity index (χ4n) is 1.50. The van der Waals surface area contributed by atoms with Crippen LogP contribution in [0.1, 0.15) is 36.2 Å². The highest BCUT2D eigenvalue weighted by Crippen LogP contribution is 2.24. The summed E-state index contributed by atoms with van der Waals surface area (Å²) in [4.78, 5) is 11.1. The number of carbonyl (C=O) groups excluding carboxylic acids is 1. The number of halogens is 2. The smallest absolute Gasteiger partial charge is 0.338 e. The molecule has 0 radical (unpaired) electrons. The van der Waals surface area contributed by atoms with Gasteiger partial charge in [-0.25, -0.2) is 17.6 Å². The molecule has 20 heavy (non-hydrogen) atoms. The topological polar surface area (TPSA) is 60.4 Å². The molecule has 1 rings (SSSR count). The molecule has 7 heteroatoms. The van der Waals surface area contributed by atoms with Crippen LogP contribution in [0.25, 0.3) is 0 Å². The number of hydrogen-bond acceptors (Lipinski definition) is 4. The maximum atomic E-state index is 13.7. The molecular formula is C13H16ClFO4S. The van der Waals surface area contributed by atoms with Crippen molar-refractivity contribution in [3.63, 3.8) is 0 Å². The number of carbonyl (C=O) groups is 1. The molecule has 0 N–H and O–H groups in total. The molecule has 0 fully saturated rings. The van der Waals surface area contributed by atoms with Gasteiger partial charge in [-0.15, -0.1) is 0 Å². The predicted molar refractivity (Wildman–Crippen MR) is 73.9 cm³/mol. The van der Waals surface area contributed by atoms with Gasteiger partial charge in [0.1, 0.15) is 10.7 Å². The Hall–Kier alpha value is -1.14. The lowest BCUT2D eigenvalue weighted by Gasteiger charge is -2.09. The molecule has 0 aliphatic rings. The highest BCUT2D eigenvalue weighted by Gasteiger charge is 2.21. The molecule has 112 valence electrons. The van der Waals surface area contributed by atoms with Crippen LogP contribution in [0.5, 0.6) is 0 Å². The molecule has 0 aliphatic carbocycles. The van der Waals surface area contributed by atoms with Crippen LogP contribution >= 0.6 is 10.7 Å². The molecule has 1 aromatic rings. The molecule has 0 atom stereocenters. The van der Waals surface area contributed by atoms with Crippen LogP contribution in [0.15, 0.2) is 17.0 Å². The fourth-order valence-corrected chi connectivity index (χ4v) is 2.48. The number of ether oxygens (including phenoxy) is 1. The van der Waals surface area contributed by atoms with Crippen LogP contribution in [-0.2, 0) is 13.8 Å². The SMILES string of the molecule is Cc1cc(C(=O)OCCC(C)C)cc(S(=O)(=O)Cl)c1F. The second kappa shape index (κ2) is 6.54. The largest absolute Gasteiger partial charge is 0.462 e. The van der Waals surface area contributed by atoms with Crippen LogP contribution in [0.3, 0.4) is 0 Å². The molecule has 0 unspecified atom stereocenters. The van der Waals surface area contributed by atoms with E-state index >= 15 is 0 Å². The van der Waals surface area contributed by atoms with Gasteiger partial charge in [-0.1, -0.05) is 13.8 Å². The van der Waals surface area contributed by atoms with Crippen molar-refractivity contribution in [2.24, 2.45) is 5.92 Å². The van der Waals surface area contributed by atoms with Crippen molar-refractivity contribution in [1.82, 2.24) is 0 Å². The Balaban J connectivity index is 3.03. The Labute approximate surface area is 122 Å². The summed E-state index contributed by atoms with van der Waals surface area (Å²) in [6.45, 7) is 5.53. The van der Waals surface area contributed by atoms with E-state index in [-0.39, 0.29) is 17.7 Å². The van der Waals surface area contributed by atoms with Crippen molar-refractivity contribution in [2.45, 2.75) is 32.1 Å².